The van der Waals surface area contributed by atoms with E-state index in [1.165, 1.54) is 17.2 Å². The van der Waals surface area contributed by atoms with Gasteiger partial charge in [0.25, 0.3) is 0 Å². The first kappa shape index (κ1) is 16.7. The number of anilines is 1. The zero-order valence-corrected chi connectivity index (χ0v) is 13.9. The van der Waals surface area contributed by atoms with Gasteiger partial charge in [-0.25, -0.2) is 19.5 Å². The van der Waals surface area contributed by atoms with Crippen LogP contribution in [0.2, 0.25) is 0 Å². The zero-order chi connectivity index (χ0) is 16.8. The lowest BCUT2D eigenvalue weighted by Gasteiger charge is -2.16. The number of aromatic nitrogens is 4. The van der Waals surface area contributed by atoms with Crippen molar-refractivity contribution in [1.29, 1.82) is 0 Å². The third kappa shape index (κ3) is 3.24. The molecule has 5 atom stereocenters. The maximum absolute atomic E-state index is 11.1. The lowest BCUT2D eigenvalue weighted by atomic mass is 10.1. The Labute approximate surface area is 137 Å². The molecule has 13 heteroatoms. The zero-order valence-electron chi connectivity index (χ0n) is 11.4. The second-order valence-corrected chi connectivity index (χ2v) is 8.73. The number of ether oxygens (including phenoxy) is 1. The Morgan fingerprint density at radius 3 is 2.83 bits per heavy atom. The number of nitrogen functional groups attached to an aromatic ring is 1. The van der Waals surface area contributed by atoms with Gasteiger partial charge in [-0.2, -0.15) is 0 Å². The van der Waals surface area contributed by atoms with Gasteiger partial charge in [0.2, 0.25) is 0 Å². The number of hydrogen-bond acceptors (Lipinski definition) is 9. The van der Waals surface area contributed by atoms with Crippen molar-refractivity contribution in [3.8, 4) is 0 Å². The van der Waals surface area contributed by atoms with Crippen LogP contribution in [0.15, 0.2) is 12.7 Å². The lowest BCUT2D eigenvalue weighted by Crippen LogP contribution is -2.33. The van der Waals surface area contributed by atoms with Crippen LogP contribution in [-0.4, -0.2) is 59.5 Å². The summed E-state index contributed by atoms with van der Waals surface area (Å²) in [6.07, 6.45) is -5.98. The molecule has 0 aliphatic carbocycles. The van der Waals surface area contributed by atoms with E-state index in [4.69, 9.17) is 15.4 Å². The number of aliphatic hydroxyl groups excluding tert-OH is 2. The van der Waals surface area contributed by atoms with E-state index < -0.39 is 37.4 Å². The molecular formula is C10H13BrN5O6P. The largest absolute Gasteiger partial charge is 0.393 e. The average molecular weight is 410 g/mol. The van der Waals surface area contributed by atoms with Gasteiger partial charge >= 0.3 is 6.30 Å². The molecule has 11 nitrogen and oxygen atoms in total. The molecular weight excluding hydrogens is 397 g/mol. The number of rotatable bonds is 4. The van der Waals surface area contributed by atoms with Gasteiger partial charge in [0.05, 0.1) is 12.9 Å². The average Bonchev–Trinajstić information content (AvgIpc) is 3.01. The highest BCUT2D eigenvalue weighted by atomic mass is 79.9. The predicted octanol–water partition coefficient (Wildman–Crippen LogP) is -0.460. The molecule has 1 aliphatic heterocycles. The highest BCUT2D eigenvalue weighted by Crippen LogP contribution is 2.50. The molecule has 1 saturated heterocycles. The maximum Gasteiger partial charge on any atom is 0.393 e. The molecule has 0 spiro atoms. The van der Waals surface area contributed by atoms with E-state index in [1.54, 1.807) is 0 Å². The SMILES string of the molecule is Nc1ncnc2c1ncn2[C@@H]1O[C@H](COP(=O)(O)Br)[C@@H](O)[C@H]1O. The molecule has 1 aliphatic rings. The number of fused-ring (bicyclic) bond motifs is 1. The molecule has 2 aromatic rings. The molecule has 126 valence electrons. The summed E-state index contributed by atoms with van der Waals surface area (Å²) in [5.41, 5.74) is 6.34. The minimum absolute atomic E-state index is 0.169. The first-order valence-electron chi connectivity index (χ1n) is 6.39. The molecule has 0 saturated carbocycles. The third-order valence-corrected chi connectivity index (χ3v) is 4.48. The van der Waals surface area contributed by atoms with Crippen LogP contribution in [0.5, 0.6) is 0 Å². The molecule has 0 amide bonds. The molecule has 0 bridgehead atoms. The molecule has 1 fully saturated rings. The van der Waals surface area contributed by atoms with Gasteiger partial charge in [-0.05, 0) is 0 Å². The van der Waals surface area contributed by atoms with E-state index in [9.17, 15) is 14.8 Å². The normalized spacial score (nSPS) is 30.6. The minimum atomic E-state index is -3.91. The fourth-order valence-electron chi connectivity index (χ4n) is 2.32. The molecule has 3 heterocycles. The lowest BCUT2D eigenvalue weighted by molar-refractivity contribution is -0.0478. The monoisotopic (exact) mass is 409 g/mol. The van der Waals surface area contributed by atoms with Gasteiger partial charge in [-0.3, -0.25) is 9.09 Å². The van der Waals surface area contributed by atoms with E-state index in [2.05, 4.69) is 35.0 Å². The Morgan fingerprint density at radius 2 is 2.13 bits per heavy atom. The number of imidazole rings is 1. The van der Waals surface area contributed by atoms with Crippen LogP contribution in [0.3, 0.4) is 0 Å². The van der Waals surface area contributed by atoms with Crippen molar-refractivity contribution in [3.63, 3.8) is 0 Å². The summed E-state index contributed by atoms with van der Waals surface area (Å²) in [5, 5.41) is 20.2. The molecule has 0 aromatic carbocycles. The summed E-state index contributed by atoms with van der Waals surface area (Å²) in [5.74, 6) is 0.169. The smallest absolute Gasteiger partial charge is 0.387 e. The second kappa shape index (κ2) is 6.06. The Hall–Kier alpha value is -1.14. The Morgan fingerprint density at radius 1 is 1.39 bits per heavy atom. The number of nitrogens with zero attached hydrogens (tertiary/aromatic N) is 4. The third-order valence-electron chi connectivity index (χ3n) is 3.40. The van der Waals surface area contributed by atoms with Crippen molar-refractivity contribution < 1.29 is 28.9 Å². The highest BCUT2D eigenvalue weighted by Gasteiger charge is 2.45. The van der Waals surface area contributed by atoms with Crippen LogP contribution in [-0.2, 0) is 13.8 Å². The van der Waals surface area contributed by atoms with E-state index in [-0.39, 0.29) is 5.82 Å². The van der Waals surface area contributed by atoms with E-state index in [0.29, 0.717) is 11.2 Å². The van der Waals surface area contributed by atoms with Crippen molar-refractivity contribution in [2.24, 2.45) is 0 Å². The van der Waals surface area contributed by atoms with Crippen molar-refractivity contribution >= 4 is 38.8 Å². The number of halogens is 1. The van der Waals surface area contributed by atoms with Crippen LogP contribution >= 0.6 is 21.8 Å². The topological polar surface area (TPSA) is 166 Å². The fourth-order valence-corrected chi connectivity index (χ4v) is 3.00. The summed E-state index contributed by atoms with van der Waals surface area (Å²) in [7, 11) is 0. The summed E-state index contributed by atoms with van der Waals surface area (Å²) in [6, 6.07) is 0. The van der Waals surface area contributed by atoms with Crippen molar-refractivity contribution in [2.45, 2.75) is 24.5 Å². The van der Waals surface area contributed by atoms with Gasteiger partial charge in [0, 0.05) is 15.5 Å². The summed E-state index contributed by atoms with van der Waals surface area (Å²) < 4.78 is 22.7. The van der Waals surface area contributed by atoms with Crippen LogP contribution in [0.25, 0.3) is 11.2 Å². The van der Waals surface area contributed by atoms with Crippen molar-refractivity contribution in [2.75, 3.05) is 12.3 Å². The number of aliphatic hydroxyl groups is 2. The van der Waals surface area contributed by atoms with Gasteiger partial charge < -0.3 is 25.6 Å². The minimum Gasteiger partial charge on any atom is -0.387 e. The molecule has 3 rings (SSSR count). The maximum atomic E-state index is 11.1. The van der Waals surface area contributed by atoms with Crippen LogP contribution < -0.4 is 5.73 Å². The van der Waals surface area contributed by atoms with E-state index in [1.807, 2.05) is 0 Å². The van der Waals surface area contributed by atoms with Crippen LogP contribution in [0, 0.1) is 0 Å². The molecule has 2 aromatic heterocycles. The number of hydrogen-bond donors (Lipinski definition) is 4. The molecule has 23 heavy (non-hydrogen) atoms. The first-order chi connectivity index (χ1) is 10.8. The Kier molecular flexibility index (Phi) is 4.40. The Bertz CT molecular complexity index is 767. The molecule has 1 unspecified atom stereocenters. The van der Waals surface area contributed by atoms with Crippen LogP contribution in [0.4, 0.5) is 5.82 Å². The Balaban J connectivity index is 1.85. The van der Waals surface area contributed by atoms with E-state index in [0.717, 1.165) is 0 Å². The van der Waals surface area contributed by atoms with Crippen LogP contribution in [0.1, 0.15) is 6.23 Å². The van der Waals surface area contributed by atoms with Gasteiger partial charge in [-0.1, -0.05) is 0 Å². The van der Waals surface area contributed by atoms with Crippen molar-refractivity contribution in [3.05, 3.63) is 12.7 Å². The summed E-state index contributed by atoms with van der Waals surface area (Å²) in [4.78, 5) is 20.9. The van der Waals surface area contributed by atoms with Gasteiger partial charge in [-0.15, -0.1) is 0 Å². The first-order valence-corrected chi connectivity index (χ1v) is 9.99. The standard InChI is InChI=1S/C10H13BrN5O6P/c11-23(19,20)21-1-4-6(17)7(18)10(22-4)16-3-15-5-8(12)13-2-14-9(5)16/h2-4,6-7,10,17-18H,1H2,(H,19,20)(H2,12,13,14)/t4-,6-,7-,10-/m1/s1. The highest BCUT2D eigenvalue weighted by molar-refractivity contribution is 9.39. The quantitative estimate of drug-likeness (QED) is 0.485. The molecule has 5 N–H and O–H groups in total. The fraction of sp³-hybridized carbons (Fsp3) is 0.500. The van der Waals surface area contributed by atoms with E-state index >= 15 is 0 Å². The van der Waals surface area contributed by atoms with Crippen molar-refractivity contribution in [1.82, 2.24) is 19.5 Å². The van der Waals surface area contributed by atoms with Gasteiger partial charge in [0.1, 0.15) is 30.2 Å². The molecule has 0 radical (unpaired) electrons. The second-order valence-electron chi connectivity index (χ2n) is 4.88. The van der Waals surface area contributed by atoms with Gasteiger partial charge in [0.15, 0.2) is 17.7 Å². The predicted molar refractivity (Wildman–Crippen MR) is 80.4 cm³/mol. The number of nitrogens with two attached hydrogens (primary N) is 1. The summed E-state index contributed by atoms with van der Waals surface area (Å²) in [6.45, 7) is -0.391. The summed E-state index contributed by atoms with van der Waals surface area (Å²) >= 11 is 2.46.